The number of ether oxygens (including phenoxy) is 3. The lowest BCUT2D eigenvalue weighted by molar-refractivity contribution is -0.384. The first-order chi connectivity index (χ1) is 17.3. The molecule has 0 bridgehead atoms. The molecule has 2 aromatic rings. The summed E-state index contributed by atoms with van der Waals surface area (Å²) in [5, 5.41) is 10.4. The van der Waals surface area contributed by atoms with Crippen molar-refractivity contribution in [3.63, 3.8) is 0 Å². The predicted octanol–water partition coefficient (Wildman–Crippen LogP) is 4.95. The Morgan fingerprint density at radius 3 is 2.64 bits per heavy atom. The molecule has 0 atom stereocenters. The number of nitrogens with zero attached hydrogens (tertiary/aromatic N) is 2. The van der Waals surface area contributed by atoms with Gasteiger partial charge in [0.15, 0.2) is 11.5 Å². The minimum Gasteiger partial charge on any atom is -0.490 e. The van der Waals surface area contributed by atoms with E-state index < -0.39 is 28.6 Å². The summed E-state index contributed by atoms with van der Waals surface area (Å²) in [5.74, 6) is -0.365. The summed E-state index contributed by atoms with van der Waals surface area (Å²) < 4.78 is 16.5. The maximum Gasteiger partial charge on any atom is 0.326 e. The van der Waals surface area contributed by atoms with Gasteiger partial charge in [-0.2, -0.15) is 0 Å². The molecule has 1 aliphatic heterocycles. The Hall–Kier alpha value is -3.86. The summed E-state index contributed by atoms with van der Waals surface area (Å²) in [7, 11) is 0. The van der Waals surface area contributed by atoms with Crippen LogP contribution >= 0.6 is 11.8 Å². The van der Waals surface area contributed by atoms with Gasteiger partial charge in [0.05, 0.1) is 23.0 Å². The van der Waals surface area contributed by atoms with Crippen molar-refractivity contribution in [2.45, 2.75) is 33.3 Å². The van der Waals surface area contributed by atoms with Crippen molar-refractivity contribution in [3.05, 3.63) is 68.6 Å². The zero-order valence-electron chi connectivity index (χ0n) is 19.9. The van der Waals surface area contributed by atoms with Crippen molar-refractivity contribution in [2.24, 2.45) is 0 Å². The highest BCUT2D eigenvalue weighted by atomic mass is 32.2. The fourth-order valence-electron chi connectivity index (χ4n) is 3.22. The first-order valence-electron chi connectivity index (χ1n) is 11.4. The third kappa shape index (κ3) is 7.08. The molecule has 0 aromatic heterocycles. The third-order valence-corrected chi connectivity index (χ3v) is 5.91. The Bertz CT molecular complexity index is 1180. The fourth-order valence-corrected chi connectivity index (χ4v) is 4.05. The summed E-state index contributed by atoms with van der Waals surface area (Å²) in [6, 6.07) is 11.2. The topological polar surface area (TPSA) is 125 Å². The highest BCUT2D eigenvalue weighted by Crippen LogP contribution is 2.35. The summed E-state index contributed by atoms with van der Waals surface area (Å²) in [5.41, 5.74) is 1.19. The van der Waals surface area contributed by atoms with Gasteiger partial charge in [0, 0.05) is 12.1 Å². The number of carbonyl (C=O) groups is 3. The second kappa shape index (κ2) is 12.7. The molecule has 1 heterocycles. The van der Waals surface area contributed by atoms with Crippen LogP contribution in [0.4, 0.5) is 10.5 Å². The normalized spacial score (nSPS) is 14.3. The smallest absolute Gasteiger partial charge is 0.326 e. The van der Waals surface area contributed by atoms with Crippen LogP contribution in [0, 0.1) is 10.1 Å². The molecule has 0 aliphatic carbocycles. The van der Waals surface area contributed by atoms with Crippen LogP contribution in [0.2, 0.25) is 0 Å². The lowest BCUT2D eigenvalue weighted by atomic mass is 10.1. The highest BCUT2D eigenvalue weighted by molar-refractivity contribution is 8.18. The Labute approximate surface area is 212 Å². The highest BCUT2D eigenvalue weighted by Gasteiger charge is 2.36. The average Bonchev–Trinajstić information content (AvgIpc) is 3.11. The van der Waals surface area contributed by atoms with Crippen LogP contribution in [0.5, 0.6) is 11.5 Å². The molecule has 0 N–H and O–H groups in total. The summed E-state index contributed by atoms with van der Waals surface area (Å²) >= 11 is 0.745. The molecule has 1 saturated heterocycles. The van der Waals surface area contributed by atoms with E-state index in [9.17, 15) is 24.5 Å². The summed E-state index contributed by atoms with van der Waals surface area (Å²) in [4.78, 5) is 48.5. The fraction of sp³-hybridized carbons (Fsp3) is 0.320. The predicted molar refractivity (Wildman–Crippen MR) is 134 cm³/mol. The van der Waals surface area contributed by atoms with Crippen LogP contribution in [0.3, 0.4) is 0 Å². The molecule has 0 spiro atoms. The summed E-state index contributed by atoms with van der Waals surface area (Å²) in [6.45, 7) is 4.03. The van der Waals surface area contributed by atoms with Gasteiger partial charge in [-0.05, 0) is 54.4 Å². The Morgan fingerprint density at radius 2 is 1.92 bits per heavy atom. The molecule has 1 aliphatic rings. The van der Waals surface area contributed by atoms with Crippen LogP contribution in [0.25, 0.3) is 6.08 Å². The number of hydrogen-bond acceptors (Lipinski definition) is 9. The molecule has 190 valence electrons. The van der Waals surface area contributed by atoms with Gasteiger partial charge < -0.3 is 14.2 Å². The van der Waals surface area contributed by atoms with Gasteiger partial charge in [-0.25, -0.2) is 0 Å². The van der Waals surface area contributed by atoms with Crippen molar-refractivity contribution in [1.82, 2.24) is 4.90 Å². The lowest BCUT2D eigenvalue weighted by Crippen LogP contribution is -2.34. The SMILES string of the molecule is CCCCOC(=O)CN1C(=O)S/C(=C/c2ccc(OCc3cccc([N+](=O)[O-])c3)c(OCC)c2)C1=O. The van der Waals surface area contributed by atoms with Gasteiger partial charge in [0.25, 0.3) is 16.8 Å². The zero-order chi connectivity index (χ0) is 26.1. The molecule has 0 radical (unpaired) electrons. The van der Waals surface area contributed by atoms with E-state index >= 15 is 0 Å². The summed E-state index contributed by atoms with van der Waals surface area (Å²) in [6.07, 6.45) is 3.11. The number of rotatable bonds is 12. The van der Waals surface area contributed by atoms with Crippen molar-refractivity contribution in [3.8, 4) is 11.5 Å². The van der Waals surface area contributed by atoms with E-state index in [0.29, 0.717) is 35.7 Å². The van der Waals surface area contributed by atoms with Gasteiger partial charge in [-0.15, -0.1) is 0 Å². The first kappa shape index (κ1) is 26.7. The molecule has 0 saturated carbocycles. The Morgan fingerprint density at radius 1 is 1.11 bits per heavy atom. The van der Waals surface area contributed by atoms with Gasteiger partial charge in [0.1, 0.15) is 13.2 Å². The molecule has 10 nitrogen and oxygen atoms in total. The van der Waals surface area contributed by atoms with Crippen LogP contribution in [-0.2, 0) is 20.9 Å². The number of esters is 1. The monoisotopic (exact) mass is 514 g/mol. The molecule has 2 amide bonds. The van der Waals surface area contributed by atoms with Crippen molar-refractivity contribution in [2.75, 3.05) is 19.8 Å². The molecule has 36 heavy (non-hydrogen) atoms. The molecular formula is C25H26N2O8S. The standard InChI is InChI=1S/C25H26N2O8S/c1-3-5-11-34-23(28)15-26-24(29)22(36-25(26)30)14-17-9-10-20(21(13-17)33-4-2)35-16-18-7-6-8-19(12-18)27(31)32/h6-10,12-14H,3-5,11,15-16H2,1-2H3/b22-14+. The van der Waals surface area contributed by atoms with Crippen LogP contribution in [0.1, 0.15) is 37.8 Å². The average molecular weight is 515 g/mol. The number of unbranched alkanes of at least 4 members (excludes halogenated alkanes) is 1. The quantitative estimate of drug-likeness (QED) is 0.127. The lowest BCUT2D eigenvalue weighted by Gasteiger charge is -2.13. The number of nitro groups is 1. The molecular weight excluding hydrogens is 488 g/mol. The van der Waals surface area contributed by atoms with E-state index in [-0.39, 0.29) is 23.8 Å². The third-order valence-electron chi connectivity index (χ3n) is 5.00. The van der Waals surface area contributed by atoms with Gasteiger partial charge in [-0.3, -0.25) is 29.4 Å². The number of thioether (sulfide) groups is 1. The Balaban J connectivity index is 1.71. The van der Waals surface area contributed by atoms with E-state index in [2.05, 4.69) is 0 Å². The van der Waals surface area contributed by atoms with Gasteiger partial charge in [-0.1, -0.05) is 31.5 Å². The van der Waals surface area contributed by atoms with E-state index in [1.54, 1.807) is 36.4 Å². The number of benzene rings is 2. The number of amides is 2. The largest absolute Gasteiger partial charge is 0.490 e. The second-order valence-corrected chi connectivity index (χ2v) is 8.69. The molecule has 11 heteroatoms. The molecule has 2 aromatic carbocycles. The maximum atomic E-state index is 12.7. The van der Waals surface area contributed by atoms with Crippen LogP contribution in [0.15, 0.2) is 47.4 Å². The number of nitro benzene ring substituents is 1. The minimum absolute atomic E-state index is 0.0281. The van der Waals surface area contributed by atoms with Crippen molar-refractivity contribution < 1.29 is 33.5 Å². The van der Waals surface area contributed by atoms with Crippen LogP contribution in [-0.4, -0.2) is 46.7 Å². The van der Waals surface area contributed by atoms with Crippen molar-refractivity contribution >= 4 is 40.6 Å². The van der Waals surface area contributed by atoms with Gasteiger partial charge >= 0.3 is 5.97 Å². The minimum atomic E-state index is -0.629. The maximum absolute atomic E-state index is 12.7. The number of hydrogen-bond donors (Lipinski definition) is 0. The van der Waals surface area contributed by atoms with Crippen LogP contribution < -0.4 is 9.47 Å². The van der Waals surface area contributed by atoms with Gasteiger partial charge in [0.2, 0.25) is 0 Å². The number of non-ortho nitro benzene ring substituents is 1. The van der Waals surface area contributed by atoms with E-state index in [0.717, 1.165) is 23.1 Å². The zero-order valence-corrected chi connectivity index (χ0v) is 20.7. The number of carbonyl (C=O) groups excluding carboxylic acids is 3. The second-order valence-electron chi connectivity index (χ2n) is 7.70. The van der Waals surface area contributed by atoms with E-state index in [4.69, 9.17) is 14.2 Å². The molecule has 0 unspecified atom stereocenters. The molecule has 3 rings (SSSR count). The Kier molecular flexibility index (Phi) is 9.46. The first-order valence-corrected chi connectivity index (χ1v) is 12.2. The van der Waals surface area contributed by atoms with E-state index in [1.807, 2.05) is 13.8 Å². The molecule has 1 fully saturated rings. The van der Waals surface area contributed by atoms with E-state index in [1.165, 1.54) is 12.1 Å². The van der Waals surface area contributed by atoms with Crippen molar-refractivity contribution in [1.29, 1.82) is 0 Å². The number of imide groups is 1.